The Morgan fingerprint density at radius 1 is 0.789 bits per heavy atom. The number of aryl methyl sites for hydroxylation is 1. The van der Waals surface area contributed by atoms with Crippen LogP contribution in [0.2, 0.25) is 0 Å². The molecular formula is C53H57F3N10O5. The van der Waals surface area contributed by atoms with E-state index in [0.29, 0.717) is 55.4 Å². The molecule has 0 spiro atoms. The van der Waals surface area contributed by atoms with E-state index in [1.165, 1.54) is 22.4 Å². The van der Waals surface area contributed by atoms with Gasteiger partial charge in [0.25, 0.3) is 5.91 Å². The summed E-state index contributed by atoms with van der Waals surface area (Å²) in [5.74, 6) is 0.282. The van der Waals surface area contributed by atoms with E-state index in [1.807, 2.05) is 41.9 Å². The number of piperidine rings is 2. The highest BCUT2D eigenvalue weighted by Gasteiger charge is 2.40. The number of benzene rings is 3. The molecule has 0 unspecified atom stereocenters. The summed E-state index contributed by atoms with van der Waals surface area (Å²) in [6, 6.07) is 22.5. The summed E-state index contributed by atoms with van der Waals surface area (Å²) in [5, 5.41) is 10.9. The van der Waals surface area contributed by atoms with Gasteiger partial charge in [-0.05, 0) is 102 Å². The fourth-order valence-corrected chi connectivity index (χ4v) is 11.2. The smallest absolute Gasteiger partial charge is 0.373 e. The van der Waals surface area contributed by atoms with Gasteiger partial charge in [-0.25, -0.2) is 4.79 Å². The molecule has 0 radical (unpaired) electrons. The number of carbonyl (C=O) groups is 3. The average molecular weight is 971 g/mol. The monoisotopic (exact) mass is 970 g/mol. The molecule has 11 rings (SSSR count). The number of ether oxygens (including phenoxy) is 1. The number of imidazole rings is 1. The van der Waals surface area contributed by atoms with Crippen molar-refractivity contribution >= 4 is 28.9 Å². The van der Waals surface area contributed by atoms with E-state index in [-0.39, 0.29) is 42.3 Å². The number of halogens is 3. The van der Waals surface area contributed by atoms with Gasteiger partial charge in [-0.3, -0.25) is 38.5 Å². The molecule has 18 heteroatoms. The second kappa shape index (κ2) is 19.2. The van der Waals surface area contributed by atoms with E-state index in [1.54, 1.807) is 23.5 Å². The Bertz CT molecular complexity index is 3040. The first-order chi connectivity index (χ1) is 34.3. The molecule has 3 aromatic heterocycles. The number of hydrogen-bond acceptors (Lipinski definition) is 10. The zero-order valence-corrected chi connectivity index (χ0v) is 39.7. The Hall–Kier alpha value is -6.63. The highest BCUT2D eigenvalue weighted by molar-refractivity contribution is 6.05. The predicted molar refractivity (Wildman–Crippen MR) is 258 cm³/mol. The van der Waals surface area contributed by atoms with E-state index in [2.05, 4.69) is 60.5 Å². The second-order valence-electron chi connectivity index (χ2n) is 20.0. The van der Waals surface area contributed by atoms with E-state index in [4.69, 9.17) is 4.74 Å². The molecule has 15 nitrogen and oxygen atoms in total. The van der Waals surface area contributed by atoms with Crippen LogP contribution in [0, 0.1) is 5.92 Å². The zero-order valence-electron chi connectivity index (χ0n) is 39.7. The fraction of sp³-hybridized carbons (Fsp3) is 0.434. The predicted octanol–water partition coefficient (Wildman–Crippen LogP) is 6.43. The molecule has 0 bridgehead atoms. The van der Waals surface area contributed by atoms with Crippen molar-refractivity contribution in [2.45, 2.75) is 95.4 Å². The normalized spacial score (nSPS) is 20.2. The Balaban J connectivity index is 0.663. The lowest BCUT2D eigenvalue weighted by molar-refractivity contribution is -0.137. The standard InChI is InChI=1S/C53H57F3N10O5/c1-60-33-57-59-49(60)48(37-4-2-5-37)38-6-3-7-41(25-38)64-31-46-44(53(54,55)56)24-36(29-66(46)52(64)70)28-61-18-16-42(17-19-61)71-32-35-10-8-34(9-11-35)27-62-20-22-63(23-21-62)40-12-13-43-39(26-40)30-65(51(43)69)45-14-15-47(67)58-50(45)68/h3,6-13,24-26,29,31,33,37,42,45,48H,2,4-5,14-23,27-28,30,32H2,1H3,(H,58,67,68)/t45-,48-/m1/s1. The molecule has 3 amide bonds. The molecule has 4 fully saturated rings. The number of hydrogen-bond donors (Lipinski definition) is 1. The minimum absolute atomic E-state index is 0.0239. The van der Waals surface area contributed by atoms with Gasteiger partial charge < -0.3 is 19.1 Å². The van der Waals surface area contributed by atoms with E-state index in [0.717, 1.165) is 97.4 Å². The molecule has 6 aromatic rings. The molecule has 370 valence electrons. The summed E-state index contributed by atoms with van der Waals surface area (Å²) in [6.45, 7) is 6.69. The second-order valence-corrected chi connectivity index (χ2v) is 20.0. The van der Waals surface area contributed by atoms with E-state index in [9.17, 15) is 32.3 Å². The molecule has 1 N–H and O–H groups in total. The highest BCUT2D eigenvalue weighted by atomic mass is 19.4. The number of amides is 3. The lowest BCUT2D eigenvalue weighted by Crippen LogP contribution is -2.52. The van der Waals surface area contributed by atoms with Crippen molar-refractivity contribution in [3.63, 3.8) is 0 Å². The molecule has 4 aliphatic heterocycles. The number of piperazine rings is 1. The average Bonchev–Trinajstić information content (AvgIpc) is 4.03. The number of rotatable bonds is 13. The van der Waals surface area contributed by atoms with Crippen LogP contribution in [0.3, 0.4) is 0 Å². The number of carbonyl (C=O) groups excluding carboxylic acids is 3. The molecule has 3 aromatic carbocycles. The Morgan fingerprint density at radius 3 is 2.24 bits per heavy atom. The molecule has 1 saturated carbocycles. The first-order valence-corrected chi connectivity index (χ1v) is 24.8. The SMILES string of the molecule is Cn1cnnc1[C@@H](c1cccc(-n2cc3c(C(F)(F)F)cc(CN4CCC(OCc5ccc(CN6CCN(c7ccc8c(c7)CN([C@@H]7CCC(=O)NC7=O)C8=O)CC6)cc5)CC4)cn3c2=O)c1)C1CCC1. The van der Waals surface area contributed by atoms with Gasteiger partial charge in [0.05, 0.1) is 29.5 Å². The van der Waals surface area contributed by atoms with E-state index >= 15 is 0 Å². The summed E-state index contributed by atoms with van der Waals surface area (Å²) in [4.78, 5) is 59.7. The Kier molecular flexibility index (Phi) is 12.6. The summed E-state index contributed by atoms with van der Waals surface area (Å²) < 4.78 is 54.8. The molecule has 7 heterocycles. The van der Waals surface area contributed by atoms with Gasteiger partial charge in [-0.15, -0.1) is 10.2 Å². The lowest BCUT2D eigenvalue weighted by Gasteiger charge is -2.36. The van der Waals surface area contributed by atoms with Crippen LogP contribution in [-0.2, 0) is 53.8 Å². The maximum atomic E-state index is 14.7. The van der Waals surface area contributed by atoms with Crippen molar-refractivity contribution in [2.75, 3.05) is 44.2 Å². The number of nitrogens with zero attached hydrogens (tertiary/aromatic N) is 9. The zero-order chi connectivity index (χ0) is 49.0. The lowest BCUT2D eigenvalue weighted by atomic mass is 9.72. The molecular weight excluding hydrogens is 914 g/mol. The third-order valence-corrected chi connectivity index (χ3v) is 15.4. The minimum Gasteiger partial charge on any atom is -0.373 e. The van der Waals surface area contributed by atoms with Crippen molar-refractivity contribution in [3.8, 4) is 5.69 Å². The van der Waals surface area contributed by atoms with Crippen LogP contribution in [0.5, 0.6) is 0 Å². The maximum Gasteiger partial charge on any atom is 0.418 e. The summed E-state index contributed by atoms with van der Waals surface area (Å²) in [5.41, 5.74) is 5.17. The summed E-state index contributed by atoms with van der Waals surface area (Å²) in [6.07, 6.45) is 5.16. The molecule has 3 saturated heterocycles. The fourth-order valence-electron chi connectivity index (χ4n) is 11.2. The van der Waals surface area contributed by atoms with Crippen LogP contribution in [0.4, 0.5) is 18.9 Å². The number of anilines is 1. The number of fused-ring (bicyclic) bond motifs is 2. The third kappa shape index (κ3) is 9.52. The number of likely N-dealkylation sites (tertiary alicyclic amines) is 1. The van der Waals surface area contributed by atoms with Crippen molar-refractivity contribution in [3.05, 3.63) is 147 Å². The maximum absolute atomic E-state index is 14.7. The van der Waals surface area contributed by atoms with Gasteiger partial charge in [0, 0.05) is 102 Å². The topological polar surface area (TPSA) is 143 Å². The Morgan fingerprint density at radius 2 is 1.54 bits per heavy atom. The van der Waals surface area contributed by atoms with Gasteiger partial charge in [0.15, 0.2) is 0 Å². The minimum atomic E-state index is -4.67. The molecule has 1 aliphatic carbocycles. The number of pyridine rings is 1. The van der Waals surface area contributed by atoms with Gasteiger partial charge >= 0.3 is 11.9 Å². The molecule has 71 heavy (non-hydrogen) atoms. The largest absolute Gasteiger partial charge is 0.418 e. The van der Waals surface area contributed by atoms with Gasteiger partial charge in [0.2, 0.25) is 11.8 Å². The van der Waals surface area contributed by atoms with Crippen LogP contribution < -0.4 is 15.9 Å². The van der Waals surface area contributed by atoms with Gasteiger partial charge in [-0.2, -0.15) is 13.2 Å². The quantitative estimate of drug-likeness (QED) is 0.129. The van der Waals surface area contributed by atoms with E-state index < -0.39 is 29.4 Å². The van der Waals surface area contributed by atoms with Crippen molar-refractivity contribution in [1.29, 1.82) is 0 Å². The van der Waals surface area contributed by atoms with Crippen molar-refractivity contribution in [2.24, 2.45) is 13.0 Å². The highest BCUT2D eigenvalue weighted by Crippen LogP contribution is 2.43. The van der Waals surface area contributed by atoms with Crippen LogP contribution in [0.1, 0.15) is 100 Å². The van der Waals surface area contributed by atoms with Crippen molar-refractivity contribution < 1.29 is 32.3 Å². The number of nitrogens with one attached hydrogen (secondary N) is 1. The first kappa shape index (κ1) is 46.7. The number of alkyl halides is 3. The first-order valence-electron chi connectivity index (χ1n) is 24.8. The summed E-state index contributed by atoms with van der Waals surface area (Å²) >= 11 is 0. The van der Waals surface area contributed by atoms with Gasteiger partial charge in [0.1, 0.15) is 18.2 Å². The van der Waals surface area contributed by atoms with Crippen LogP contribution in [0.15, 0.2) is 96.3 Å². The number of imide groups is 1. The molecule has 5 aliphatic rings. The van der Waals surface area contributed by atoms with Crippen molar-refractivity contribution in [1.82, 2.24) is 43.7 Å². The number of aromatic nitrogens is 5. The molecule has 2 atom stereocenters. The Labute approximate surface area is 408 Å². The van der Waals surface area contributed by atoms with Gasteiger partial charge in [-0.1, -0.05) is 42.8 Å². The van der Waals surface area contributed by atoms with Crippen LogP contribution in [-0.4, -0.2) is 108 Å². The summed E-state index contributed by atoms with van der Waals surface area (Å²) in [7, 11) is 1.91. The van der Waals surface area contributed by atoms with Crippen LogP contribution >= 0.6 is 0 Å². The van der Waals surface area contributed by atoms with Crippen LogP contribution in [0.25, 0.3) is 11.2 Å². The third-order valence-electron chi connectivity index (χ3n) is 15.4.